The lowest BCUT2D eigenvalue weighted by molar-refractivity contribution is -0.134. The summed E-state index contributed by atoms with van der Waals surface area (Å²) in [5.41, 5.74) is 1.48. The zero-order chi connectivity index (χ0) is 24.6. The highest BCUT2D eigenvalue weighted by Gasteiger charge is 2.19. The second kappa shape index (κ2) is 11.4. The zero-order valence-electron chi connectivity index (χ0n) is 20.6. The van der Waals surface area contributed by atoms with E-state index < -0.39 is 5.97 Å². The van der Waals surface area contributed by atoms with E-state index in [9.17, 15) is 4.79 Å². The predicted octanol–water partition coefficient (Wildman–Crippen LogP) is 5.16. The standard InChI is InChI=1S/C26H33NO6/c1-17(26(2,3)4)27-16-18-9-11-21(30-6)24(13-18)33-22(15-25(28)32-8)19-10-12-20(29-5)23(14-19)31-7/h9-17H,1-8H3/b22-15+,27-16?/t17-/m1/s1. The highest BCUT2D eigenvalue weighted by Crippen LogP contribution is 2.35. The van der Waals surface area contributed by atoms with Gasteiger partial charge in [0.15, 0.2) is 23.0 Å². The molecule has 2 aromatic carbocycles. The van der Waals surface area contributed by atoms with Crippen molar-refractivity contribution in [1.82, 2.24) is 0 Å². The van der Waals surface area contributed by atoms with Crippen LogP contribution < -0.4 is 18.9 Å². The van der Waals surface area contributed by atoms with Crippen molar-refractivity contribution in [2.75, 3.05) is 28.4 Å². The van der Waals surface area contributed by atoms with E-state index in [1.54, 1.807) is 38.5 Å². The van der Waals surface area contributed by atoms with Gasteiger partial charge in [-0.1, -0.05) is 20.8 Å². The normalized spacial score (nSPS) is 12.9. The maximum Gasteiger partial charge on any atom is 0.334 e. The number of benzene rings is 2. The molecule has 7 heteroatoms. The smallest absolute Gasteiger partial charge is 0.334 e. The molecule has 178 valence electrons. The minimum absolute atomic E-state index is 0.0478. The number of carbonyl (C=O) groups is 1. The van der Waals surface area contributed by atoms with Crippen LogP contribution >= 0.6 is 0 Å². The molecular formula is C26H33NO6. The summed E-state index contributed by atoms with van der Waals surface area (Å²) in [4.78, 5) is 16.7. The van der Waals surface area contributed by atoms with E-state index in [0.29, 0.717) is 28.6 Å². The molecule has 7 nitrogen and oxygen atoms in total. The average molecular weight is 456 g/mol. The molecule has 0 saturated heterocycles. The van der Waals surface area contributed by atoms with Gasteiger partial charge in [-0.05, 0) is 54.3 Å². The first-order chi connectivity index (χ1) is 15.6. The lowest BCUT2D eigenvalue weighted by Gasteiger charge is -2.23. The Hall–Kier alpha value is -3.48. The van der Waals surface area contributed by atoms with E-state index in [1.165, 1.54) is 20.3 Å². The van der Waals surface area contributed by atoms with E-state index >= 15 is 0 Å². The molecule has 0 amide bonds. The Morgan fingerprint density at radius 1 is 0.879 bits per heavy atom. The third-order valence-electron chi connectivity index (χ3n) is 5.23. The maximum absolute atomic E-state index is 12.1. The third kappa shape index (κ3) is 7.00. The van der Waals surface area contributed by atoms with Crippen molar-refractivity contribution < 1.29 is 28.5 Å². The SMILES string of the molecule is COC(=O)/C=C(/Oc1cc(C=N[C@H](C)C(C)(C)C)ccc1OC)c1ccc(OC)c(OC)c1. The molecule has 2 rings (SSSR count). The van der Waals surface area contributed by atoms with Crippen LogP contribution in [0, 0.1) is 5.41 Å². The zero-order valence-corrected chi connectivity index (χ0v) is 20.6. The molecule has 0 unspecified atom stereocenters. The summed E-state index contributed by atoms with van der Waals surface area (Å²) in [6, 6.07) is 10.8. The summed E-state index contributed by atoms with van der Waals surface area (Å²) in [6.07, 6.45) is 3.07. The summed E-state index contributed by atoms with van der Waals surface area (Å²) >= 11 is 0. The first-order valence-corrected chi connectivity index (χ1v) is 10.5. The Balaban J connectivity index is 2.48. The van der Waals surface area contributed by atoms with E-state index in [0.717, 1.165) is 5.56 Å². The second-order valence-corrected chi connectivity index (χ2v) is 8.43. The van der Waals surface area contributed by atoms with Crippen LogP contribution in [-0.4, -0.2) is 46.7 Å². The first kappa shape index (κ1) is 25.8. The Morgan fingerprint density at radius 2 is 1.48 bits per heavy atom. The van der Waals surface area contributed by atoms with Gasteiger partial charge >= 0.3 is 5.97 Å². The number of esters is 1. The number of methoxy groups -OCH3 is 4. The van der Waals surface area contributed by atoms with Crippen molar-refractivity contribution >= 4 is 17.9 Å². The summed E-state index contributed by atoms with van der Waals surface area (Å²) in [5, 5.41) is 0. The fourth-order valence-electron chi connectivity index (χ4n) is 2.72. The van der Waals surface area contributed by atoms with Gasteiger partial charge in [0.1, 0.15) is 5.76 Å². The van der Waals surface area contributed by atoms with Gasteiger partial charge in [0, 0.05) is 11.8 Å². The van der Waals surface area contributed by atoms with Crippen LogP contribution in [0.4, 0.5) is 0 Å². The molecule has 0 aliphatic rings. The average Bonchev–Trinajstić information content (AvgIpc) is 2.80. The minimum Gasteiger partial charge on any atom is -0.493 e. The molecule has 0 saturated carbocycles. The van der Waals surface area contributed by atoms with Gasteiger partial charge in [0.05, 0.1) is 40.6 Å². The van der Waals surface area contributed by atoms with Crippen molar-refractivity contribution in [3.63, 3.8) is 0 Å². The quantitative estimate of drug-likeness (QED) is 0.225. The summed E-state index contributed by atoms with van der Waals surface area (Å²) in [7, 11) is 5.95. The number of carbonyl (C=O) groups excluding carboxylic acids is 1. The lowest BCUT2D eigenvalue weighted by atomic mass is 9.88. The number of nitrogens with zero attached hydrogens (tertiary/aromatic N) is 1. The van der Waals surface area contributed by atoms with Gasteiger partial charge in [0.2, 0.25) is 0 Å². The van der Waals surface area contributed by atoms with Crippen LogP contribution in [0.25, 0.3) is 5.76 Å². The van der Waals surface area contributed by atoms with Crippen molar-refractivity contribution in [3.8, 4) is 23.0 Å². The Labute approximate surface area is 196 Å². The van der Waals surface area contributed by atoms with Crippen LogP contribution in [0.3, 0.4) is 0 Å². The van der Waals surface area contributed by atoms with Gasteiger partial charge in [-0.3, -0.25) is 4.99 Å². The number of ether oxygens (including phenoxy) is 5. The monoisotopic (exact) mass is 455 g/mol. The molecule has 33 heavy (non-hydrogen) atoms. The molecule has 2 aromatic rings. The van der Waals surface area contributed by atoms with Crippen molar-refractivity contribution in [2.24, 2.45) is 10.4 Å². The van der Waals surface area contributed by atoms with Gasteiger partial charge in [-0.2, -0.15) is 0 Å². The molecule has 1 atom stereocenters. The second-order valence-electron chi connectivity index (χ2n) is 8.43. The number of rotatable bonds is 9. The van der Waals surface area contributed by atoms with Crippen LogP contribution in [0.15, 0.2) is 47.5 Å². The van der Waals surface area contributed by atoms with E-state index in [4.69, 9.17) is 23.7 Å². The lowest BCUT2D eigenvalue weighted by Crippen LogP contribution is -2.20. The summed E-state index contributed by atoms with van der Waals surface area (Å²) in [5.74, 6) is 1.69. The summed E-state index contributed by atoms with van der Waals surface area (Å²) < 4.78 is 27.1. The largest absolute Gasteiger partial charge is 0.493 e. The van der Waals surface area contributed by atoms with Crippen LogP contribution in [-0.2, 0) is 9.53 Å². The molecule has 0 radical (unpaired) electrons. The molecule has 0 spiro atoms. The number of hydrogen-bond acceptors (Lipinski definition) is 7. The fraction of sp³-hybridized carbons (Fsp3) is 0.385. The summed E-state index contributed by atoms with van der Waals surface area (Å²) in [6.45, 7) is 8.51. The number of aliphatic imine (C=N–C) groups is 1. The molecule has 0 aromatic heterocycles. The topological polar surface area (TPSA) is 75.6 Å². The van der Waals surface area contributed by atoms with E-state index in [2.05, 4.69) is 32.7 Å². The number of hydrogen-bond donors (Lipinski definition) is 0. The van der Waals surface area contributed by atoms with Gasteiger partial charge in [-0.25, -0.2) is 4.79 Å². The molecule has 0 aliphatic carbocycles. The Bertz CT molecular complexity index is 1020. The highest BCUT2D eigenvalue weighted by molar-refractivity contribution is 5.90. The Morgan fingerprint density at radius 3 is 2.06 bits per heavy atom. The van der Waals surface area contributed by atoms with Crippen molar-refractivity contribution in [2.45, 2.75) is 33.7 Å². The van der Waals surface area contributed by atoms with E-state index in [-0.39, 0.29) is 17.2 Å². The van der Waals surface area contributed by atoms with Crippen molar-refractivity contribution in [1.29, 1.82) is 0 Å². The van der Waals surface area contributed by atoms with Crippen molar-refractivity contribution in [3.05, 3.63) is 53.6 Å². The minimum atomic E-state index is -0.560. The van der Waals surface area contributed by atoms with Gasteiger partial charge < -0.3 is 23.7 Å². The maximum atomic E-state index is 12.1. The van der Waals surface area contributed by atoms with Crippen LogP contribution in [0.5, 0.6) is 23.0 Å². The molecular weight excluding hydrogens is 422 g/mol. The van der Waals surface area contributed by atoms with Crippen LogP contribution in [0.1, 0.15) is 38.8 Å². The van der Waals surface area contributed by atoms with Gasteiger partial charge in [0.25, 0.3) is 0 Å². The predicted molar refractivity (Wildman–Crippen MR) is 130 cm³/mol. The fourth-order valence-corrected chi connectivity index (χ4v) is 2.72. The third-order valence-corrected chi connectivity index (χ3v) is 5.23. The molecule has 0 N–H and O–H groups in total. The first-order valence-electron chi connectivity index (χ1n) is 10.5. The van der Waals surface area contributed by atoms with Crippen LogP contribution in [0.2, 0.25) is 0 Å². The molecule has 0 heterocycles. The van der Waals surface area contributed by atoms with Gasteiger partial charge in [-0.15, -0.1) is 0 Å². The Kier molecular flexibility index (Phi) is 8.91. The molecule has 0 bridgehead atoms. The molecule has 0 aliphatic heterocycles. The highest BCUT2D eigenvalue weighted by atomic mass is 16.5. The molecule has 0 fully saturated rings. The van der Waals surface area contributed by atoms with E-state index in [1.807, 2.05) is 18.3 Å².